The highest BCUT2D eigenvalue weighted by Gasteiger charge is 2.19. The van der Waals surface area contributed by atoms with Crippen LogP contribution < -0.4 is 19.5 Å². The zero-order chi connectivity index (χ0) is 24.4. The van der Waals surface area contributed by atoms with E-state index in [0.717, 1.165) is 37.8 Å². The number of carbonyl (C=O) groups is 1. The number of carbonyl (C=O) groups excluding carboxylic acids is 1. The summed E-state index contributed by atoms with van der Waals surface area (Å²) in [5.74, 6) is 1.54. The SMILES string of the molecule is COc1cccc(-c2cc(C(=O)Nc3cc(OC)c(Br)cc3OC)c3cc(C)cc(C)c3n2)c1. The summed E-state index contributed by atoms with van der Waals surface area (Å²) >= 11 is 3.45. The van der Waals surface area contributed by atoms with Crippen molar-refractivity contribution in [3.63, 3.8) is 0 Å². The van der Waals surface area contributed by atoms with Crippen molar-refractivity contribution in [1.82, 2.24) is 4.98 Å². The second-order valence-corrected chi connectivity index (χ2v) is 8.76. The first kappa shape index (κ1) is 23.6. The number of hydrogen-bond donors (Lipinski definition) is 1. The summed E-state index contributed by atoms with van der Waals surface area (Å²) in [4.78, 5) is 18.5. The van der Waals surface area contributed by atoms with Gasteiger partial charge in [-0.2, -0.15) is 0 Å². The molecule has 1 amide bonds. The van der Waals surface area contributed by atoms with Gasteiger partial charge in [0, 0.05) is 23.1 Å². The summed E-state index contributed by atoms with van der Waals surface area (Å²) < 4.78 is 17.0. The van der Waals surface area contributed by atoms with Crippen molar-refractivity contribution in [3.8, 4) is 28.5 Å². The average molecular weight is 521 g/mol. The molecule has 0 atom stereocenters. The number of nitrogens with one attached hydrogen (secondary N) is 1. The molecule has 0 aliphatic rings. The van der Waals surface area contributed by atoms with Gasteiger partial charge in [-0.15, -0.1) is 0 Å². The van der Waals surface area contributed by atoms with Crippen LogP contribution in [-0.2, 0) is 0 Å². The maximum absolute atomic E-state index is 13.6. The summed E-state index contributed by atoms with van der Waals surface area (Å²) in [6.45, 7) is 4.01. The van der Waals surface area contributed by atoms with Crippen molar-refractivity contribution in [3.05, 3.63) is 75.8 Å². The van der Waals surface area contributed by atoms with E-state index in [4.69, 9.17) is 19.2 Å². The van der Waals surface area contributed by atoms with Crippen molar-refractivity contribution >= 4 is 38.4 Å². The van der Waals surface area contributed by atoms with Gasteiger partial charge in [0.05, 0.1) is 48.3 Å². The Hall–Kier alpha value is -3.58. The minimum absolute atomic E-state index is 0.274. The van der Waals surface area contributed by atoms with Gasteiger partial charge >= 0.3 is 0 Å². The number of aromatic nitrogens is 1. The molecule has 0 aliphatic carbocycles. The molecular formula is C27H25BrN2O4. The Balaban J connectivity index is 1.88. The maximum Gasteiger partial charge on any atom is 0.256 e. The Bertz CT molecular complexity index is 1400. The first-order valence-corrected chi connectivity index (χ1v) is 11.4. The van der Waals surface area contributed by atoms with Crippen molar-refractivity contribution in [2.24, 2.45) is 0 Å². The van der Waals surface area contributed by atoms with Crippen LogP contribution in [0.25, 0.3) is 22.2 Å². The van der Waals surface area contributed by atoms with Crippen LogP contribution in [0, 0.1) is 13.8 Å². The second kappa shape index (κ2) is 9.73. The molecular weight excluding hydrogens is 496 g/mol. The van der Waals surface area contributed by atoms with Crippen molar-refractivity contribution < 1.29 is 19.0 Å². The predicted octanol–water partition coefficient (Wildman–Crippen LogP) is 6.56. The fourth-order valence-electron chi connectivity index (χ4n) is 3.95. The molecule has 1 aromatic heterocycles. The van der Waals surface area contributed by atoms with Gasteiger partial charge < -0.3 is 19.5 Å². The fraction of sp³-hybridized carbons (Fsp3) is 0.185. The Kier molecular flexibility index (Phi) is 6.75. The molecule has 0 spiro atoms. The third-order valence-electron chi connectivity index (χ3n) is 5.58. The minimum atomic E-state index is -0.274. The molecule has 0 unspecified atom stereocenters. The molecule has 0 saturated heterocycles. The monoisotopic (exact) mass is 520 g/mol. The molecule has 4 aromatic rings. The number of methoxy groups -OCH3 is 3. The van der Waals surface area contributed by atoms with Crippen molar-refractivity contribution in [1.29, 1.82) is 0 Å². The lowest BCUT2D eigenvalue weighted by molar-refractivity contribution is 0.102. The van der Waals surface area contributed by atoms with Crippen LogP contribution in [-0.4, -0.2) is 32.2 Å². The predicted molar refractivity (Wildman–Crippen MR) is 138 cm³/mol. The first-order valence-electron chi connectivity index (χ1n) is 10.6. The normalized spacial score (nSPS) is 10.8. The summed E-state index contributed by atoms with van der Waals surface area (Å²) in [7, 11) is 4.75. The van der Waals surface area contributed by atoms with Gasteiger partial charge in [0.25, 0.3) is 5.91 Å². The number of nitrogens with zero attached hydrogens (tertiary/aromatic N) is 1. The number of fused-ring (bicyclic) bond motifs is 1. The third kappa shape index (κ3) is 4.56. The highest BCUT2D eigenvalue weighted by molar-refractivity contribution is 9.10. The van der Waals surface area contributed by atoms with Gasteiger partial charge in [-0.1, -0.05) is 23.8 Å². The molecule has 3 aromatic carbocycles. The highest BCUT2D eigenvalue weighted by Crippen LogP contribution is 2.37. The average Bonchev–Trinajstić information content (AvgIpc) is 2.84. The van der Waals surface area contributed by atoms with Gasteiger partial charge in [0.2, 0.25) is 0 Å². The standard InChI is InChI=1S/C27H25BrN2O4/c1-15-9-16(2)26-19(10-15)20(12-22(29-26)17-7-6-8-18(11-17)32-3)27(31)30-23-14-24(33-4)21(28)13-25(23)34-5/h6-14H,1-5H3,(H,30,31). The van der Waals surface area contributed by atoms with Crippen LogP contribution in [0.5, 0.6) is 17.2 Å². The van der Waals surface area contributed by atoms with Gasteiger partial charge in [-0.05, 0) is 59.6 Å². The maximum atomic E-state index is 13.6. The van der Waals surface area contributed by atoms with E-state index < -0.39 is 0 Å². The highest BCUT2D eigenvalue weighted by atomic mass is 79.9. The lowest BCUT2D eigenvalue weighted by Crippen LogP contribution is -2.14. The molecule has 4 rings (SSSR count). The fourth-order valence-corrected chi connectivity index (χ4v) is 4.43. The van der Waals surface area contributed by atoms with Crippen LogP contribution >= 0.6 is 15.9 Å². The summed E-state index contributed by atoms with van der Waals surface area (Å²) in [5.41, 5.74) is 5.39. The Morgan fingerprint density at radius 1 is 0.912 bits per heavy atom. The Morgan fingerprint density at radius 3 is 2.38 bits per heavy atom. The van der Waals surface area contributed by atoms with Crippen LogP contribution in [0.2, 0.25) is 0 Å². The lowest BCUT2D eigenvalue weighted by Gasteiger charge is -2.16. The number of pyridine rings is 1. The molecule has 1 N–H and O–H groups in total. The van der Waals surface area contributed by atoms with E-state index in [1.165, 1.54) is 0 Å². The summed E-state index contributed by atoms with van der Waals surface area (Å²) in [5, 5.41) is 3.78. The first-order chi connectivity index (χ1) is 16.3. The number of hydrogen-bond acceptors (Lipinski definition) is 5. The zero-order valence-corrected chi connectivity index (χ0v) is 21.2. The molecule has 0 radical (unpaired) electrons. The van der Waals surface area contributed by atoms with E-state index in [-0.39, 0.29) is 5.91 Å². The van der Waals surface area contributed by atoms with E-state index in [1.54, 1.807) is 33.5 Å². The third-order valence-corrected chi connectivity index (χ3v) is 6.20. The van der Waals surface area contributed by atoms with Crippen LogP contribution in [0.15, 0.2) is 59.1 Å². The summed E-state index contributed by atoms with van der Waals surface area (Å²) in [6.07, 6.45) is 0. The smallest absolute Gasteiger partial charge is 0.256 e. The quantitative estimate of drug-likeness (QED) is 0.311. The number of ether oxygens (including phenoxy) is 3. The van der Waals surface area contributed by atoms with E-state index in [1.807, 2.05) is 50.2 Å². The van der Waals surface area contributed by atoms with Gasteiger partial charge in [0.15, 0.2) is 0 Å². The van der Waals surface area contributed by atoms with E-state index in [9.17, 15) is 4.79 Å². The number of halogens is 1. The molecule has 0 bridgehead atoms. The van der Waals surface area contributed by atoms with Crippen LogP contribution in [0.4, 0.5) is 5.69 Å². The summed E-state index contributed by atoms with van der Waals surface area (Å²) in [6, 6.07) is 17.0. The van der Waals surface area contributed by atoms with Crippen molar-refractivity contribution in [2.45, 2.75) is 13.8 Å². The molecule has 1 heterocycles. The molecule has 0 aliphatic heterocycles. The molecule has 6 nitrogen and oxygen atoms in total. The molecule has 0 saturated carbocycles. The lowest BCUT2D eigenvalue weighted by atomic mass is 9.99. The zero-order valence-electron chi connectivity index (χ0n) is 19.7. The Labute approximate surface area is 207 Å². The molecule has 174 valence electrons. The largest absolute Gasteiger partial charge is 0.497 e. The van der Waals surface area contributed by atoms with Crippen LogP contribution in [0.1, 0.15) is 21.5 Å². The van der Waals surface area contributed by atoms with Crippen molar-refractivity contribution in [2.75, 3.05) is 26.6 Å². The van der Waals surface area contributed by atoms with Gasteiger partial charge in [-0.3, -0.25) is 4.79 Å². The number of amides is 1. The number of benzene rings is 3. The minimum Gasteiger partial charge on any atom is -0.497 e. The number of aryl methyl sites for hydroxylation is 2. The molecule has 7 heteroatoms. The molecule has 0 fully saturated rings. The topological polar surface area (TPSA) is 69.7 Å². The molecule has 34 heavy (non-hydrogen) atoms. The van der Waals surface area contributed by atoms with Gasteiger partial charge in [-0.25, -0.2) is 4.98 Å². The van der Waals surface area contributed by atoms with Crippen LogP contribution in [0.3, 0.4) is 0 Å². The number of rotatable bonds is 6. The Morgan fingerprint density at radius 2 is 1.68 bits per heavy atom. The van der Waals surface area contributed by atoms with E-state index in [2.05, 4.69) is 27.3 Å². The van der Waals surface area contributed by atoms with E-state index in [0.29, 0.717) is 28.4 Å². The van der Waals surface area contributed by atoms with E-state index >= 15 is 0 Å². The van der Waals surface area contributed by atoms with Gasteiger partial charge in [0.1, 0.15) is 17.2 Å². The number of anilines is 1. The second-order valence-electron chi connectivity index (χ2n) is 7.91.